The van der Waals surface area contributed by atoms with Crippen molar-refractivity contribution in [1.82, 2.24) is 13.9 Å². The quantitative estimate of drug-likeness (QED) is 0.433. The molecule has 0 radical (unpaired) electrons. The van der Waals surface area contributed by atoms with E-state index >= 15 is 0 Å². The first-order valence-corrected chi connectivity index (χ1v) is 13.1. The lowest BCUT2D eigenvalue weighted by Gasteiger charge is -2.11. The van der Waals surface area contributed by atoms with E-state index in [1.165, 1.54) is 30.2 Å². The zero-order valence-corrected chi connectivity index (χ0v) is 20.9. The Morgan fingerprint density at radius 2 is 1.97 bits per heavy atom. The maximum atomic E-state index is 12.5. The predicted octanol–water partition coefficient (Wildman–Crippen LogP) is 4.78. The summed E-state index contributed by atoms with van der Waals surface area (Å²) >= 11 is 7.31. The minimum atomic E-state index is -3.55. The average molecular weight is 495 g/mol. The van der Waals surface area contributed by atoms with Crippen molar-refractivity contribution in [2.75, 3.05) is 25.2 Å². The maximum Gasteiger partial charge on any atom is 0.242 e. The van der Waals surface area contributed by atoms with Crippen LogP contribution in [0, 0.1) is 6.92 Å². The van der Waals surface area contributed by atoms with Gasteiger partial charge in [0.1, 0.15) is 0 Å². The Hall–Kier alpha value is -2.07. The summed E-state index contributed by atoms with van der Waals surface area (Å²) < 4.78 is 28.2. The van der Waals surface area contributed by atoms with E-state index < -0.39 is 10.0 Å². The van der Waals surface area contributed by atoms with Crippen LogP contribution in [0.1, 0.15) is 25.3 Å². The number of halogens is 1. The van der Waals surface area contributed by atoms with Gasteiger partial charge >= 0.3 is 0 Å². The zero-order valence-electron chi connectivity index (χ0n) is 18.6. The van der Waals surface area contributed by atoms with Crippen molar-refractivity contribution in [2.45, 2.75) is 43.3 Å². The number of rotatable bonds is 9. The van der Waals surface area contributed by atoms with Crippen LogP contribution in [-0.2, 0) is 21.4 Å². The standard InChI is InChI=1S/C22H27ClN4O3S2/c1-5-6-11-27-20-10-8-17(32(29,30)26(3)4)13-19(20)25-22(27)31-14-21(28)24-18-9-7-16(23)12-15(18)2/h7-10,12-13H,5-6,11,14H2,1-4H3,(H,24,28). The van der Waals surface area contributed by atoms with Crippen LogP contribution in [0.2, 0.25) is 5.02 Å². The molecule has 3 aromatic rings. The Labute approximate surface area is 198 Å². The first-order valence-electron chi connectivity index (χ1n) is 10.2. The lowest BCUT2D eigenvalue weighted by atomic mass is 10.2. The molecule has 0 aliphatic rings. The third kappa shape index (κ3) is 5.46. The predicted molar refractivity (Wildman–Crippen MR) is 131 cm³/mol. The van der Waals surface area contributed by atoms with Gasteiger partial charge in [-0.1, -0.05) is 36.7 Å². The Kier molecular flexibility index (Phi) is 7.87. The van der Waals surface area contributed by atoms with Gasteiger partial charge < -0.3 is 9.88 Å². The highest BCUT2D eigenvalue weighted by Crippen LogP contribution is 2.28. The summed E-state index contributed by atoms with van der Waals surface area (Å²) in [4.78, 5) is 17.4. The molecular formula is C22H27ClN4O3S2. The summed E-state index contributed by atoms with van der Waals surface area (Å²) in [5.41, 5.74) is 3.06. The van der Waals surface area contributed by atoms with E-state index in [0.717, 1.165) is 36.2 Å². The molecule has 0 saturated heterocycles. The number of benzene rings is 2. The fourth-order valence-corrected chi connectivity index (χ4v) is 5.17. The molecule has 0 fully saturated rings. The van der Waals surface area contributed by atoms with Crippen LogP contribution in [0.5, 0.6) is 0 Å². The average Bonchev–Trinajstić information content (AvgIpc) is 3.09. The lowest BCUT2D eigenvalue weighted by molar-refractivity contribution is -0.113. The van der Waals surface area contributed by atoms with Crippen LogP contribution < -0.4 is 5.32 Å². The number of carbonyl (C=O) groups is 1. The fraction of sp³-hybridized carbons (Fsp3) is 0.364. The van der Waals surface area contributed by atoms with E-state index in [1.807, 2.05) is 6.92 Å². The number of amides is 1. The number of aromatic nitrogens is 2. The van der Waals surface area contributed by atoms with Crippen LogP contribution >= 0.6 is 23.4 Å². The highest BCUT2D eigenvalue weighted by atomic mass is 35.5. The van der Waals surface area contributed by atoms with Crippen molar-refractivity contribution < 1.29 is 13.2 Å². The summed E-state index contributed by atoms with van der Waals surface area (Å²) in [6.45, 7) is 4.74. The van der Waals surface area contributed by atoms with Gasteiger partial charge in [-0.05, 0) is 55.3 Å². The molecule has 3 rings (SSSR count). The molecule has 0 aliphatic heterocycles. The molecule has 0 bridgehead atoms. The second-order valence-corrected chi connectivity index (χ2v) is 11.2. The molecule has 1 heterocycles. The third-order valence-corrected chi connectivity index (χ3v) is 8.02. The molecule has 0 saturated carbocycles. The van der Waals surface area contributed by atoms with Gasteiger partial charge in [-0.15, -0.1) is 0 Å². The highest BCUT2D eigenvalue weighted by molar-refractivity contribution is 7.99. The molecule has 32 heavy (non-hydrogen) atoms. The van der Waals surface area contributed by atoms with Crippen molar-refractivity contribution in [3.8, 4) is 0 Å². The third-order valence-electron chi connectivity index (χ3n) is 4.99. The smallest absolute Gasteiger partial charge is 0.242 e. The van der Waals surface area contributed by atoms with Gasteiger partial charge in [-0.25, -0.2) is 17.7 Å². The minimum Gasteiger partial charge on any atom is -0.325 e. The molecule has 0 spiro atoms. The van der Waals surface area contributed by atoms with Crippen LogP contribution in [0.3, 0.4) is 0 Å². The maximum absolute atomic E-state index is 12.5. The monoisotopic (exact) mass is 494 g/mol. The van der Waals surface area contributed by atoms with E-state index in [1.54, 1.807) is 36.4 Å². The van der Waals surface area contributed by atoms with Gasteiger partial charge in [0.25, 0.3) is 0 Å². The molecule has 0 unspecified atom stereocenters. The molecule has 1 amide bonds. The molecule has 2 aromatic carbocycles. The van der Waals surface area contributed by atoms with Crippen LogP contribution in [-0.4, -0.2) is 48.0 Å². The van der Waals surface area contributed by atoms with Gasteiger partial charge in [-0.2, -0.15) is 0 Å². The van der Waals surface area contributed by atoms with Crippen LogP contribution in [0.15, 0.2) is 46.5 Å². The summed E-state index contributed by atoms with van der Waals surface area (Å²) in [5.74, 6) is 0.0331. The Balaban J connectivity index is 1.84. The zero-order chi connectivity index (χ0) is 23.5. The number of sulfonamides is 1. The summed E-state index contributed by atoms with van der Waals surface area (Å²) in [6.07, 6.45) is 1.96. The number of nitrogens with one attached hydrogen (secondary N) is 1. The Morgan fingerprint density at radius 3 is 2.62 bits per heavy atom. The van der Waals surface area contributed by atoms with E-state index in [2.05, 4.69) is 21.8 Å². The fourth-order valence-electron chi connectivity index (χ4n) is 3.18. The normalized spacial score (nSPS) is 11.9. The number of anilines is 1. The van der Waals surface area contributed by atoms with Crippen LogP contribution in [0.4, 0.5) is 5.69 Å². The van der Waals surface area contributed by atoms with Crippen molar-refractivity contribution in [2.24, 2.45) is 0 Å². The Bertz CT molecular complexity index is 1240. The lowest BCUT2D eigenvalue weighted by Crippen LogP contribution is -2.22. The first-order chi connectivity index (χ1) is 15.1. The number of carbonyl (C=O) groups excluding carboxylic acids is 1. The van der Waals surface area contributed by atoms with Gasteiger partial charge in [0.2, 0.25) is 15.9 Å². The van der Waals surface area contributed by atoms with Crippen molar-refractivity contribution in [3.05, 3.63) is 47.0 Å². The topological polar surface area (TPSA) is 84.3 Å². The highest BCUT2D eigenvalue weighted by Gasteiger charge is 2.20. The van der Waals surface area contributed by atoms with Crippen molar-refractivity contribution in [1.29, 1.82) is 0 Å². The van der Waals surface area contributed by atoms with Gasteiger partial charge in [-0.3, -0.25) is 4.79 Å². The molecule has 7 nitrogen and oxygen atoms in total. The van der Waals surface area contributed by atoms with E-state index in [9.17, 15) is 13.2 Å². The molecule has 0 aliphatic carbocycles. The largest absolute Gasteiger partial charge is 0.325 e. The molecular weight excluding hydrogens is 468 g/mol. The summed E-state index contributed by atoms with van der Waals surface area (Å²) in [6, 6.07) is 10.3. The minimum absolute atomic E-state index is 0.148. The second-order valence-electron chi connectivity index (χ2n) is 7.63. The second kappa shape index (κ2) is 10.2. The number of nitrogens with zero attached hydrogens (tertiary/aromatic N) is 3. The summed E-state index contributed by atoms with van der Waals surface area (Å²) in [5, 5.41) is 4.22. The number of thioether (sulfide) groups is 1. The molecule has 10 heteroatoms. The van der Waals surface area contributed by atoms with Crippen LogP contribution in [0.25, 0.3) is 11.0 Å². The molecule has 1 N–H and O–H groups in total. The van der Waals surface area contributed by atoms with Gasteiger partial charge in [0.05, 0.1) is 21.7 Å². The summed E-state index contributed by atoms with van der Waals surface area (Å²) in [7, 11) is -0.549. The SMILES string of the molecule is CCCCn1c(SCC(=O)Nc2ccc(Cl)cc2C)nc2cc(S(=O)(=O)N(C)C)ccc21. The van der Waals surface area contributed by atoms with Crippen molar-refractivity contribution >= 4 is 56.0 Å². The Morgan fingerprint density at radius 1 is 1.22 bits per heavy atom. The first kappa shape index (κ1) is 24.6. The molecule has 0 atom stereocenters. The number of imidazole rings is 1. The van der Waals surface area contributed by atoms with E-state index in [-0.39, 0.29) is 16.6 Å². The number of aryl methyl sites for hydroxylation is 2. The van der Waals surface area contributed by atoms with E-state index in [0.29, 0.717) is 15.7 Å². The molecule has 1 aromatic heterocycles. The number of fused-ring (bicyclic) bond motifs is 1. The van der Waals surface area contributed by atoms with Gasteiger partial charge in [0, 0.05) is 31.4 Å². The number of unbranched alkanes of at least 4 members (excludes halogenated alkanes) is 1. The van der Waals surface area contributed by atoms with Gasteiger partial charge in [0.15, 0.2) is 5.16 Å². The number of hydrogen-bond acceptors (Lipinski definition) is 5. The van der Waals surface area contributed by atoms with Crippen molar-refractivity contribution in [3.63, 3.8) is 0 Å². The van der Waals surface area contributed by atoms with E-state index in [4.69, 9.17) is 11.6 Å². The number of hydrogen-bond donors (Lipinski definition) is 1. The molecule has 172 valence electrons.